The van der Waals surface area contributed by atoms with Gasteiger partial charge in [0.15, 0.2) is 5.76 Å². The second-order valence-corrected chi connectivity index (χ2v) is 6.51. The number of thiophene rings is 1. The van der Waals surface area contributed by atoms with Crippen LogP contribution in [0.1, 0.15) is 26.5 Å². The Hall–Kier alpha value is -2.12. The number of nitrogens with one attached hydrogen (secondary N) is 1. The van der Waals surface area contributed by atoms with Gasteiger partial charge in [-0.25, -0.2) is 0 Å². The fourth-order valence-electron chi connectivity index (χ4n) is 2.17. The van der Waals surface area contributed by atoms with Gasteiger partial charge in [-0.15, -0.1) is 11.3 Å². The molecule has 2 aromatic heterocycles. The van der Waals surface area contributed by atoms with Crippen molar-refractivity contribution in [3.63, 3.8) is 0 Å². The zero-order valence-corrected chi connectivity index (χ0v) is 13.9. The van der Waals surface area contributed by atoms with Crippen molar-refractivity contribution in [2.45, 2.75) is 6.92 Å². The molecular weight excluding hydrogens is 368 g/mol. The Bertz CT molecular complexity index is 897. The fraction of sp³-hybridized carbons (Fsp3) is 0.0667. The number of carbonyl (C=O) groups is 2. The van der Waals surface area contributed by atoms with Gasteiger partial charge in [-0.3, -0.25) is 9.59 Å². The van der Waals surface area contributed by atoms with E-state index in [2.05, 4.69) is 21.2 Å². The van der Waals surface area contributed by atoms with Crippen molar-refractivity contribution in [3.05, 3.63) is 51.0 Å². The number of rotatable bonds is 3. The van der Waals surface area contributed by atoms with Gasteiger partial charge in [-0.05, 0) is 36.6 Å². The Labute approximate surface area is 138 Å². The molecule has 112 valence electrons. The summed E-state index contributed by atoms with van der Waals surface area (Å²) in [5.41, 5.74) is 6.93. The molecule has 1 aromatic carbocycles. The maximum absolute atomic E-state index is 12.4. The van der Waals surface area contributed by atoms with Crippen molar-refractivity contribution < 1.29 is 14.0 Å². The molecule has 22 heavy (non-hydrogen) atoms. The van der Waals surface area contributed by atoms with Crippen molar-refractivity contribution in [2.24, 2.45) is 5.73 Å². The van der Waals surface area contributed by atoms with E-state index in [4.69, 9.17) is 10.2 Å². The third-order valence-corrected chi connectivity index (χ3v) is 4.59. The lowest BCUT2D eigenvalue weighted by atomic mass is 10.1. The Kier molecular flexibility index (Phi) is 3.76. The quantitative estimate of drug-likeness (QED) is 0.724. The van der Waals surface area contributed by atoms with E-state index in [1.165, 1.54) is 11.3 Å². The second-order valence-electron chi connectivity index (χ2n) is 4.68. The lowest BCUT2D eigenvalue weighted by Crippen LogP contribution is -2.16. The number of hydrogen-bond acceptors (Lipinski definition) is 4. The molecule has 0 aliphatic carbocycles. The Morgan fingerprint density at radius 2 is 2.09 bits per heavy atom. The number of amides is 2. The number of halogens is 1. The van der Waals surface area contributed by atoms with Crippen molar-refractivity contribution in [3.8, 4) is 0 Å². The molecule has 7 heteroatoms. The summed E-state index contributed by atoms with van der Waals surface area (Å²) < 4.78 is 6.53. The molecular formula is C15H11BrN2O3S. The van der Waals surface area contributed by atoms with Gasteiger partial charge in [-0.1, -0.05) is 15.9 Å². The summed E-state index contributed by atoms with van der Waals surface area (Å²) in [5.74, 6) is -0.770. The molecule has 5 nitrogen and oxygen atoms in total. The minimum Gasteiger partial charge on any atom is -0.451 e. The van der Waals surface area contributed by atoms with E-state index in [1.807, 2.05) is 19.1 Å². The van der Waals surface area contributed by atoms with Crippen LogP contribution in [0.15, 0.2) is 38.5 Å². The van der Waals surface area contributed by atoms with Crippen LogP contribution in [0.25, 0.3) is 11.0 Å². The Morgan fingerprint density at radius 3 is 2.82 bits per heavy atom. The molecule has 0 unspecified atom stereocenters. The third-order valence-electron chi connectivity index (χ3n) is 3.26. The smallest absolute Gasteiger partial charge is 0.292 e. The van der Waals surface area contributed by atoms with Crippen LogP contribution in [-0.2, 0) is 0 Å². The molecule has 2 amide bonds. The van der Waals surface area contributed by atoms with Crippen LogP contribution in [0, 0.1) is 6.92 Å². The van der Waals surface area contributed by atoms with E-state index in [9.17, 15) is 9.59 Å². The number of benzene rings is 1. The molecule has 0 saturated heterocycles. The van der Waals surface area contributed by atoms with Gasteiger partial charge in [0.25, 0.3) is 11.8 Å². The SMILES string of the molecule is Cc1c(C(=O)Nc2sccc2C(N)=O)oc2ccc(Br)cc12. The zero-order valence-electron chi connectivity index (χ0n) is 11.5. The molecule has 3 aromatic rings. The van der Waals surface area contributed by atoms with Gasteiger partial charge in [0.05, 0.1) is 5.56 Å². The first-order valence-corrected chi connectivity index (χ1v) is 8.02. The molecule has 3 rings (SSSR count). The van der Waals surface area contributed by atoms with E-state index in [1.54, 1.807) is 17.5 Å². The highest BCUT2D eigenvalue weighted by molar-refractivity contribution is 9.10. The van der Waals surface area contributed by atoms with Crippen molar-refractivity contribution >= 4 is 55.1 Å². The van der Waals surface area contributed by atoms with Crippen LogP contribution in [0.3, 0.4) is 0 Å². The van der Waals surface area contributed by atoms with E-state index in [-0.39, 0.29) is 11.3 Å². The number of nitrogens with two attached hydrogens (primary N) is 1. The summed E-state index contributed by atoms with van der Waals surface area (Å²) in [4.78, 5) is 23.7. The van der Waals surface area contributed by atoms with Crippen LogP contribution in [0.2, 0.25) is 0 Å². The van der Waals surface area contributed by atoms with Crippen LogP contribution in [0.4, 0.5) is 5.00 Å². The first-order chi connectivity index (χ1) is 10.5. The predicted octanol–water partition coefficient (Wildman–Crippen LogP) is 3.92. The number of carbonyl (C=O) groups excluding carboxylic acids is 2. The predicted molar refractivity (Wildman–Crippen MR) is 89.4 cm³/mol. The number of hydrogen-bond donors (Lipinski definition) is 2. The van der Waals surface area contributed by atoms with E-state index in [0.29, 0.717) is 10.6 Å². The van der Waals surface area contributed by atoms with Crippen LogP contribution in [0.5, 0.6) is 0 Å². The maximum Gasteiger partial charge on any atom is 0.292 e. The molecule has 0 fully saturated rings. The summed E-state index contributed by atoms with van der Waals surface area (Å²) in [6.07, 6.45) is 0. The minimum atomic E-state index is -0.582. The van der Waals surface area contributed by atoms with Crippen molar-refractivity contribution in [1.82, 2.24) is 0 Å². The number of aryl methyl sites for hydroxylation is 1. The molecule has 0 saturated carbocycles. The summed E-state index contributed by atoms with van der Waals surface area (Å²) in [7, 11) is 0. The Morgan fingerprint density at radius 1 is 1.32 bits per heavy atom. The summed E-state index contributed by atoms with van der Waals surface area (Å²) >= 11 is 4.63. The molecule has 0 aliphatic rings. The number of primary amides is 1. The minimum absolute atomic E-state index is 0.219. The standard InChI is InChI=1S/C15H11BrN2O3S/c1-7-10-6-8(16)2-3-11(10)21-12(7)14(20)18-15-9(13(17)19)4-5-22-15/h2-6H,1H3,(H2,17,19)(H,18,20). The molecule has 3 N–H and O–H groups in total. The second kappa shape index (κ2) is 5.58. The highest BCUT2D eigenvalue weighted by Crippen LogP contribution is 2.29. The van der Waals surface area contributed by atoms with Crippen LogP contribution >= 0.6 is 27.3 Å². The topological polar surface area (TPSA) is 85.3 Å². The van der Waals surface area contributed by atoms with Gasteiger partial charge in [0.1, 0.15) is 10.6 Å². The first kappa shape index (κ1) is 14.8. The van der Waals surface area contributed by atoms with E-state index >= 15 is 0 Å². The normalized spacial score (nSPS) is 10.8. The van der Waals surface area contributed by atoms with Crippen molar-refractivity contribution in [2.75, 3.05) is 5.32 Å². The zero-order chi connectivity index (χ0) is 15.9. The highest BCUT2D eigenvalue weighted by atomic mass is 79.9. The summed E-state index contributed by atoms with van der Waals surface area (Å²) in [5, 5.41) is 5.65. The Balaban J connectivity index is 1.97. The third kappa shape index (κ3) is 2.53. The number of fused-ring (bicyclic) bond motifs is 1. The average Bonchev–Trinajstić information content (AvgIpc) is 3.04. The molecule has 0 aliphatic heterocycles. The van der Waals surface area contributed by atoms with Gasteiger partial charge in [0.2, 0.25) is 0 Å². The summed E-state index contributed by atoms with van der Waals surface area (Å²) in [6.45, 7) is 1.82. The molecule has 0 bridgehead atoms. The fourth-order valence-corrected chi connectivity index (χ4v) is 3.32. The van der Waals surface area contributed by atoms with Gasteiger partial charge in [-0.2, -0.15) is 0 Å². The molecule has 0 spiro atoms. The lowest BCUT2D eigenvalue weighted by Gasteiger charge is -2.03. The van der Waals surface area contributed by atoms with Crippen LogP contribution < -0.4 is 11.1 Å². The number of furan rings is 1. The number of anilines is 1. The average molecular weight is 379 g/mol. The van der Waals surface area contributed by atoms with Crippen molar-refractivity contribution in [1.29, 1.82) is 0 Å². The van der Waals surface area contributed by atoms with E-state index in [0.717, 1.165) is 15.4 Å². The van der Waals surface area contributed by atoms with E-state index < -0.39 is 11.8 Å². The van der Waals surface area contributed by atoms with Gasteiger partial charge < -0.3 is 15.5 Å². The largest absolute Gasteiger partial charge is 0.451 e. The van der Waals surface area contributed by atoms with Crippen LogP contribution in [-0.4, -0.2) is 11.8 Å². The van der Waals surface area contributed by atoms with Gasteiger partial charge >= 0.3 is 0 Å². The first-order valence-electron chi connectivity index (χ1n) is 6.34. The molecule has 2 heterocycles. The molecule has 0 atom stereocenters. The van der Waals surface area contributed by atoms with Gasteiger partial charge in [0, 0.05) is 15.4 Å². The maximum atomic E-state index is 12.4. The highest BCUT2D eigenvalue weighted by Gasteiger charge is 2.20. The molecule has 0 radical (unpaired) electrons. The summed E-state index contributed by atoms with van der Waals surface area (Å²) in [6, 6.07) is 7.11. The lowest BCUT2D eigenvalue weighted by molar-refractivity contribution is 0.0998. The monoisotopic (exact) mass is 378 g/mol.